The van der Waals surface area contributed by atoms with Crippen LogP contribution in [0, 0.1) is 6.92 Å². The number of nitrogens with zero attached hydrogens (tertiary/aromatic N) is 1. The first-order valence-electron chi connectivity index (χ1n) is 8.88. The van der Waals surface area contributed by atoms with E-state index >= 15 is 0 Å². The molecule has 2 aromatic carbocycles. The fraction of sp³-hybridized carbons (Fsp3) is 0.190. The van der Waals surface area contributed by atoms with Crippen LogP contribution in [0.15, 0.2) is 60.1 Å². The molecule has 0 aliphatic rings. The second-order valence-corrected chi connectivity index (χ2v) is 7.08. The Kier molecular flexibility index (Phi) is 6.75. The first kappa shape index (κ1) is 19.6. The SMILES string of the molecule is Cc1cccc(Oc2ccccc2CNC(=O)CCC(=O)Nc2nccs2)c1. The highest BCUT2D eigenvalue weighted by Gasteiger charge is 2.10. The quantitative estimate of drug-likeness (QED) is 0.597. The lowest BCUT2D eigenvalue weighted by atomic mass is 10.2. The van der Waals surface area contributed by atoms with Gasteiger partial charge in [0.15, 0.2) is 5.13 Å². The lowest BCUT2D eigenvalue weighted by Crippen LogP contribution is -2.24. The Balaban J connectivity index is 1.50. The number of anilines is 1. The predicted octanol–water partition coefficient (Wildman–Crippen LogP) is 4.28. The molecule has 3 aromatic rings. The van der Waals surface area contributed by atoms with Gasteiger partial charge in [-0.25, -0.2) is 4.98 Å². The first-order valence-corrected chi connectivity index (χ1v) is 9.76. The third-order valence-electron chi connectivity index (χ3n) is 3.92. The van der Waals surface area contributed by atoms with Crippen molar-refractivity contribution in [3.63, 3.8) is 0 Å². The highest BCUT2D eigenvalue weighted by molar-refractivity contribution is 7.13. The number of para-hydroxylation sites is 1. The zero-order chi connectivity index (χ0) is 19.8. The number of carbonyl (C=O) groups is 2. The van der Waals surface area contributed by atoms with Crippen molar-refractivity contribution in [1.29, 1.82) is 0 Å². The summed E-state index contributed by atoms with van der Waals surface area (Å²) in [5.74, 6) is 1.01. The minimum absolute atomic E-state index is 0.104. The van der Waals surface area contributed by atoms with Gasteiger partial charge < -0.3 is 15.4 Å². The maximum Gasteiger partial charge on any atom is 0.226 e. The van der Waals surface area contributed by atoms with Crippen LogP contribution < -0.4 is 15.4 Å². The zero-order valence-corrected chi connectivity index (χ0v) is 16.3. The van der Waals surface area contributed by atoms with Gasteiger partial charge in [0, 0.05) is 36.5 Å². The lowest BCUT2D eigenvalue weighted by Gasteiger charge is -2.12. The monoisotopic (exact) mass is 395 g/mol. The van der Waals surface area contributed by atoms with E-state index in [1.165, 1.54) is 11.3 Å². The van der Waals surface area contributed by atoms with E-state index in [2.05, 4.69) is 15.6 Å². The molecular weight excluding hydrogens is 374 g/mol. The number of rotatable bonds is 8. The van der Waals surface area contributed by atoms with E-state index in [1.807, 2.05) is 55.5 Å². The number of amides is 2. The van der Waals surface area contributed by atoms with Crippen molar-refractivity contribution in [2.75, 3.05) is 5.32 Å². The Morgan fingerprint density at radius 1 is 1.07 bits per heavy atom. The molecule has 0 aliphatic carbocycles. The molecule has 6 nitrogen and oxygen atoms in total. The highest BCUT2D eigenvalue weighted by atomic mass is 32.1. The van der Waals surface area contributed by atoms with E-state index in [9.17, 15) is 9.59 Å². The van der Waals surface area contributed by atoms with Crippen molar-refractivity contribution in [2.24, 2.45) is 0 Å². The molecule has 0 bridgehead atoms. The van der Waals surface area contributed by atoms with Crippen molar-refractivity contribution in [3.8, 4) is 11.5 Å². The number of thiazole rings is 1. The van der Waals surface area contributed by atoms with Gasteiger partial charge in [-0.1, -0.05) is 30.3 Å². The lowest BCUT2D eigenvalue weighted by molar-refractivity contribution is -0.124. The van der Waals surface area contributed by atoms with Gasteiger partial charge in [-0.15, -0.1) is 11.3 Å². The maximum atomic E-state index is 12.1. The molecule has 7 heteroatoms. The Morgan fingerprint density at radius 2 is 1.89 bits per heavy atom. The molecular formula is C21H21N3O3S. The summed E-state index contributed by atoms with van der Waals surface area (Å²) in [5.41, 5.74) is 1.98. The van der Waals surface area contributed by atoms with E-state index < -0.39 is 0 Å². The number of hydrogen-bond donors (Lipinski definition) is 2. The average Bonchev–Trinajstić information content (AvgIpc) is 3.19. The maximum absolute atomic E-state index is 12.1. The van der Waals surface area contributed by atoms with Gasteiger partial charge >= 0.3 is 0 Å². The summed E-state index contributed by atoms with van der Waals surface area (Å²) in [5, 5.41) is 7.81. The largest absolute Gasteiger partial charge is 0.457 e. The van der Waals surface area contributed by atoms with Crippen molar-refractivity contribution in [1.82, 2.24) is 10.3 Å². The van der Waals surface area contributed by atoms with Crippen LogP contribution in [0.2, 0.25) is 0 Å². The number of nitrogens with one attached hydrogen (secondary N) is 2. The number of hydrogen-bond acceptors (Lipinski definition) is 5. The standard InChI is InChI=1S/C21H21N3O3S/c1-15-5-4-7-17(13-15)27-18-8-3-2-6-16(18)14-23-19(25)9-10-20(26)24-21-22-11-12-28-21/h2-8,11-13H,9-10,14H2,1H3,(H,23,25)(H,22,24,26). The summed E-state index contributed by atoms with van der Waals surface area (Å²) < 4.78 is 5.96. The van der Waals surface area contributed by atoms with Crippen LogP contribution in [-0.4, -0.2) is 16.8 Å². The summed E-state index contributed by atoms with van der Waals surface area (Å²) in [7, 11) is 0. The molecule has 144 valence electrons. The first-order chi connectivity index (χ1) is 13.6. The summed E-state index contributed by atoms with van der Waals surface area (Å²) in [4.78, 5) is 27.9. The van der Waals surface area contributed by atoms with E-state index in [1.54, 1.807) is 11.6 Å². The van der Waals surface area contributed by atoms with Crippen LogP contribution in [0.5, 0.6) is 11.5 Å². The third-order valence-corrected chi connectivity index (χ3v) is 4.61. The number of ether oxygens (including phenoxy) is 1. The molecule has 2 amide bonds. The zero-order valence-electron chi connectivity index (χ0n) is 15.5. The molecule has 0 aliphatic heterocycles. The minimum Gasteiger partial charge on any atom is -0.457 e. The van der Waals surface area contributed by atoms with Crippen molar-refractivity contribution < 1.29 is 14.3 Å². The van der Waals surface area contributed by atoms with Gasteiger partial charge in [-0.2, -0.15) is 0 Å². The Bertz CT molecular complexity index is 942. The number of aromatic nitrogens is 1. The highest BCUT2D eigenvalue weighted by Crippen LogP contribution is 2.25. The smallest absolute Gasteiger partial charge is 0.226 e. The van der Waals surface area contributed by atoms with Crippen LogP contribution in [0.4, 0.5) is 5.13 Å². The van der Waals surface area contributed by atoms with Gasteiger partial charge in [-0.05, 0) is 30.7 Å². The van der Waals surface area contributed by atoms with Gasteiger partial charge in [0.25, 0.3) is 0 Å². The summed E-state index contributed by atoms with van der Waals surface area (Å²) in [6, 6.07) is 15.3. The average molecular weight is 395 g/mol. The molecule has 2 N–H and O–H groups in total. The van der Waals surface area contributed by atoms with Gasteiger partial charge in [-0.3, -0.25) is 9.59 Å². The normalized spacial score (nSPS) is 10.3. The second kappa shape index (κ2) is 9.66. The van der Waals surface area contributed by atoms with Crippen LogP contribution in [0.1, 0.15) is 24.0 Å². The molecule has 0 saturated carbocycles. The van der Waals surface area contributed by atoms with Crippen molar-refractivity contribution in [2.45, 2.75) is 26.3 Å². The second-order valence-electron chi connectivity index (χ2n) is 6.19. The van der Waals surface area contributed by atoms with E-state index in [-0.39, 0.29) is 24.7 Å². The van der Waals surface area contributed by atoms with Crippen LogP contribution in [0.3, 0.4) is 0 Å². The van der Waals surface area contributed by atoms with Crippen LogP contribution in [0.25, 0.3) is 0 Å². The molecule has 0 fully saturated rings. The molecule has 1 aromatic heterocycles. The van der Waals surface area contributed by atoms with Gasteiger partial charge in [0.05, 0.1) is 0 Å². The Morgan fingerprint density at radius 3 is 2.68 bits per heavy atom. The fourth-order valence-electron chi connectivity index (χ4n) is 2.53. The predicted molar refractivity (Wildman–Crippen MR) is 110 cm³/mol. The van der Waals surface area contributed by atoms with E-state index in [0.29, 0.717) is 17.4 Å². The number of benzene rings is 2. The van der Waals surface area contributed by atoms with E-state index in [4.69, 9.17) is 4.74 Å². The van der Waals surface area contributed by atoms with Crippen LogP contribution >= 0.6 is 11.3 Å². The molecule has 0 atom stereocenters. The van der Waals surface area contributed by atoms with E-state index in [0.717, 1.165) is 16.9 Å². The van der Waals surface area contributed by atoms with Gasteiger partial charge in [0.2, 0.25) is 11.8 Å². The Hall–Kier alpha value is -3.19. The summed E-state index contributed by atoms with van der Waals surface area (Å²) in [6.45, 7) is 2.33. The molecule has 0 unspecified atom stereocenters. The third kappa shape index (κ3) is 5.92. The molecule has 0 radical (unpaired) electrons. The molecule has 1 heterocycles. The Labute approximate surface area is 167 Å². The molecule has 0 saturated heterocycles. The fourth-order valence-corrected chi connectivity index (χ4v) is 3.08. The van der Waals surface area contributed by atoms with Gasteiger partial charge in [0.1, 0.15) is 11.5 Å². The molecule has 0 spiro atoms. The summed E-state index contributed by atoms with van der Waals surface area (Å²) >= 11 is 1.34. The molecule has 28 heavy (non-hydrogen) atoms. The minimum atomic E-state index is -0.228. The molecule has 3 rings (SSSR count). The van der Waals surface area contributed by atoms with Crippen LogP contribution in [-0.2, 0) is 16.1 Å². The topological polar surface area (TPSA) is 80.3 Å². The number of carbonyl (C=O) groups excluding carboxylic acids is 2. The van der Waals surface area contributed by atoms with Crippen molar-refractivity contribution >= 4 is 28.3 Å². The summed E-state index contributed by atoms with van der Waals surface area (Å²) in [6.07, 6.45) is 1.83. The number of aryl methyl sites for hydroxylation is 1. The van der Waals surface area contributed by atoms with Crippen molar-refractivity contribution in [3.05, 3.63) is 71.2 Å².